The molecule has 2 aromatic rings. The van der Waals surface area contributed by atoms with Gasteiger partial charge in [0.1, 0.15) is 5.82 Å². The lowest BCUT2D eigenvalue weighted by molar-refractivity contribution is -0.135. The summed E-state index contributed by atoms with van der Waals surface area (Å²) >= 11 is 0. The van der Waals surface area contributed by atoms with Gasteiger partial charge in [-0.2, -0.15) is 0 Å². The van der Waals surface area contributed by atoms with Crippen LogP contribution in [0.5, 0.6) is 0 Å². The summed E-state index contributed by atoms with van der Waals surface area (Å²) < 4.78 is 13.2. The van der Waals surface area contributed by atoms with Crippen LogP contribution < -0.4 is 5.32 Å². The normalized spacial score (nSPS) is 11.0. The number of likely N-dealkylation sites (N-methyl/N-ethyl adjacent to an activating group) is 1. The number of carbonyl (C=O) groups excluding carboxylic acids is 2. The molecular formula is C20H22FN3O3. The Labute approximate surface area is 157 Å². The predicted octanol–water partition coefficient (Wildman–Crippen LogP) is 3.18. The summed E-state index contributed by atoms with van der Waals surface area (Å²) in [5.74, 6) is -0.747. The zero-order chi connectivity index (χ0) is 19.8. The number of rotatable bonds is 7. The van der Waals surface area contributed by atoms with Gasteiger partial charge in [-0.05, 0) is 42.3 Å². The first-order valence-corrected chi connectivity index (χ1v) is 8.38. The van der Waals surface area contributed by atoms with Crippen LogP contribution in [0.1, 0.15) is 25.0 Å². The Hall–Kier alpha value is -3.22. The van der Waals surface area contributed by atoms with Crippen molar-refractivity contribution in [2.45, 2.75) is 20.4 Å². The quantitative estimate of drug-likeness (QED) is 0.600. The predicted molar refractivity (Wildman–Crippen MR) is 102 cm³/mol. The maximum atomic E-state index is 13.2. The van der Waals surface area contributed by atoms with E-state index in [4.69, 9.17) is 4.84 Å². The number of hydrogen-bond donors (Lipinski definition) is 1. The number of nitrogens with one attached hydrogen (secondary N) is 1. The summed E-state index contributed by atoms with van der Waals surface area (Å²) in [6, 6.07) is 13.2. The van der Waals surface area contributed by atoms with Gasteiger partial charge < -0.3 is 15.1 Å². The standard InChI is InChI=1S/C20H22FN3O3/c1-14(17-7-9-19(10-8-17)22-15(2)25)23-27-13-20(26)24(3)12-16-5-4-6-18(21)11-16/h4-11H,12-13H2,1-3H3,(H,22,25)/b23-14+. The Bertz CT molecular complexity index is 835. The molecular weight excluding hydrogens is 349 g/mol. The second kappa shape index (κ2) is 9.47. The van der Waals surface area contributed by atoms with Gasteiger partial charge in [-0.25, -0.2) is 4.39 Å². The minimum absolute atomic E-state index is 0.141. The molecule has 0 bridgehead atoms. The van der Waals surface area contributed by atoms with Gasteiger partial charge in [-0.1, -0.05) is 29.4 Å². The molecule has 0 atom stereocenters. The third kappa shape index (κ3) is 6.54. The Morgan fingerprint density at radius 2 is 1.85 bits per heavy atom. The van der Waals surface area contributed by atoms with E-state index in [0.29, 0.717) is 17.0 Å². The molecule has 0 aliphatic carbocycles. The minimum atomic E-state index is -0.339. The molecule has 0 unspecified atom stereocenters. The summed E-state index contributed by atoms with van der Waals surface area (Å²) in [4.78, 5) is 29.7. The third-order valence-electron chi connectivity index (χ3n) is 3.75. The van der Waals surface area contributed by atoms with Gasteiger partial charge in [0.05, 0.1) is 5.71 Å². The highest BCUT2D eigenvalue weighted by Gasteiger charge is 2.10. The molecule has 0 fully saturated rings. The molecule has 0 saturated carbocycles. The minimum Gasteiger partial charge on any atom is -0.385 e. The van der Waals surface area contributed by atoms with Crippen molar-refractivity contribution in [1.82, 2.24) is 4.90 Å². The number of amides is 2. The fourth-order valence-electron chi connectivity index (χ4n) is 2.34. The molecule has 2 rings (SSSR count). The van der Waals surface area contributed by atoms with Crippen molar-refractivity contribution in [1.29, 1.82) is 0 Å². The molecule has 7 heteroatoms. The molecule has 2 amide bonds. The second-order valence-corrected chi connectivity index (χ2v) is 6.09. The van der Waals surface area contributed by atoms with Crippen LogP contribution in [0.25, 0.3) is 0 Å². The first-order chi connectivity index (χ1) is 12.8. The van der Waals surface area contributed by atoms with Gasteiger partial charge in [-0.3, -0.25) is 9.59 Å². The lowest BCUT2D eigenvalue weighted by Crippen LogP contribution is -2.29. The van der Waals surface area contributed by atoms with E-state index >= 15 is 0 Å². The van der Waals surface area contributed by atoms with Crippen molar-refractivity contribution in [3.63, 3.8) is 0 Å². The van der Waals surface area contributed by atoms with Gasteiger partial charge in [0.2, 0.25) is 5.91 Å². The lowest BCUT2D eigenvalue weighted by Gasteiger charge is -2.16. The van der Waals surface area contributed by atoms with E-state index in [1.165, 1.54) is 24.0 Å². The van der Waals surface area contributed by atoms with E-state index in [2.05, 4.69) is 10.5 Å². The maximum Gasteiger partial charge on any atom is 0.263 e. The molecule has 0 aromatic heterocycles. The van der Waals surface area contributed by atoms with E-state index < -0.39 is 0 Å². The Morgan fingerprint density at radius 3 is 2.48 bits per heavy atom. The molecule has 0 radical (unpaired) electrons. The van der Waals surface area contributed by atoms with E-state index in [1.807, 2.05) is 0 Å². The number of oxime groups is 1. The molecule has 0 spiro atoms. The number of nitrogens with zero attached hydrogens (tertiary/aromatic N) is 2. The summed E-state index contributed by atoms with van der Waals surface area (Å²) in [5.41, 5.74) is 2.80. The van der Waals surface area contributed by atoms with Gasteiger partial charge >= 0.3 is 0 Å². The summed E-state index contributed by atoms with van der Waals surface area (Å²) in [5, 5.41) is 6.63. The zero-order valence-electron chi connectivity index (χ0n) is 15.5. The SMILES string of the molecule is CC(=O)Nc1ccc(/C(C)=N/OCC(=O)N(C)Cc2cccc(F)c2)cc1. The average Bonchev–Trinajstić information content (AvgIpc) is 2.61. The number of anilines is 1. The maximum absolute atomic E-state index is 13.2. The molecule has 0 saturated heterocycles. The summed E-state index contributed by atoms with van der Waals surface area (Å²) in [6.07, 6.45) is 0. The van der Waals surface area contributed by atoms with Crippen LogP contribution >= 0.6 is 0 Å². The average molecular weight is 371 g/mol. The Morgan fingerprint density at radius 1 is 1.15 bits per heavy atom. The van der Waals surface area contributed by atoms with E-state index in [1.54, 1.807) is 50.4 Å². The molecule has 1 N–H and O–H groups in total. The van der Waals surface area contributed by atoms with Crippen LogP contribution in [0.3, 0.4) is 0 Å². The zero-order valence-corrected chi connectivity index (χ0v) is 15.5. The first-order valence-electron chi connectivity index (χ1n) is 8.38. The van der Waals surface area contributed by atoms with Crippen LogP contribution in [0, 0.1) is 5.82 Å². The van der Waals surface area contributed by atoms with Crippen molar-refractivity contribution in [3.05, 3.63) is 65.5 Å². The Balaban J connectivity index is 1.85. The topological polar surface area (TPSA) is 71.0 Å². The first kappa shape index (κ1) is 20.1. The van der Waals surface area contributed by atoms with Crippen LogP contribution in [0.15, 0.2) is 53.7 Å². The molecule has 0 heterocycles. The number of carbonyl (C=O) groups is 2. The van der Waals surface area contributed by atoms with Gasteiger partial charge in [0, 0.05) is 26.2 Å². The highest BCUT2D eigenvalue weighted by atomic mass is 19.1. The lowest BCUT2D eigenvalue weighted by atomic mass is 10.1. The fourth-order valence-corrected chi connectivity index (χ4v) is 2.34. The third-order valence-corrected chi connectivity index (χ3v) is 3.75. The molecule has 142 valence electrons. The molecule has 2 aromatic carbocycles. The highest BCUT2D eigenvalue weighted by Crippen LogP contribution is 2.11. The largest absolute Gasteiger partial charge is 0.385 e. The van der Waals surface area contributed by atoms with Crippen molar-refractivity contribution in [2.75, 3.05) is 19.0 Å². The number of hydrogen-bond acceptors (Lipinski definition) is 4. The van der Waals surface area contributed by atoms with E-state index in [0.717, 1.165) is 5.56 Å². The van der Waals surface area contributed by atoms with Gasteiger partial charge in [0.15, 0.2) is 6.61 Å². The molecule has 6 nitrogen and oxygen atoms in total. The van der Waals surface area contributed by atoms with Gasteiger partial charge in [-0.15, -0.1) is 0 Å². The summed E-state index contributed by atoms with van der Waals surface area (Å²) in [6.45, 7) is 3.27. The Kier molecular flexibility index (Phi) is 7.05. The number of benzene rings is 2. The number of halogens is 1. The molecule has 0 aliphatic rings. The second-order valence-electron chi connectivity index (χ2n) is 6.09. The molecule has 27 heavy (non-hydrogen) atoms. The monoisotopic (exact) mass is 371 g/mol. The van der Waals surface area contributed by atoms with E-state index in [9.17, 15) is 14.0 Å². The van der Waals surface area contributed by atoms with E-state index in [-0.39, 0.29) is 30.8 Å². The molecule has 0 aliphatic heterocycles. The fraction of sp³-hybridized carbons (Fsp3) is 0.250. The van der Waals surface area contributed by atoms with Crippen LogP contribution in [-0.4, -0.2) is 36.1 Å². The van der Waals surface area contributed by atoms with Crippen LogP contribution in [-0.2, 0) is 21.0 Å². The van der Waals surface area contributed by atoms with Crippen molar-refractivity contribution in [2.24, 2.45) is 5.16 Å². The van der Waals surface area contributed by atoms with Crippen LogP contribution in [0.4, 0.5) is 10.1 Å². The van der Waals surface area contributed by atoms with Crippen molar-refractivity contribution >= 4 is 23.2 Å². The van der Waals surface area contributed by atoms with Crippen molar-refractivity contribution < 1.29 is 18.8 Å². The smallest absolute Gasteiger partial charge is 0.263 e. The van der Waals surface area contributed by atoms with Crippen LogP contribution in [0.2, 0.25) is 0 Å². The highest BCUT2D eigenvalue weighted by molar-refractivity contribution is 5.99. The van der Waals surface area contributed by atoms with Gasteiger partial charge in [0.25, 0.3) is 5.91 Å². The summed E-state index contributed by atoms with van der Waals surface area (Å²) in [7, 11) is 1.62. The van der Waals surface area contributed by atoms with Crippen molar-refractivity contribution in [3.8, 4) is 0 Å².